The Morgan fingerprint density at radius 3 is 2.48 bits per heavy atom. The van der Waals surface area contributed by atoms with Crippen LogP contribution < -0.4 is 0 Å². The first kappa shape index (κ1) is 16.0. The molecule has 0 aliphatic heterocycles. The number of aliphatic hydroxyl groups is 3. The maximum atomic E-state index is 11.6. The second kappa shape index (κ2) is 7.49. The van der Waals surface area contributed by atoms with Crippen LogP contribution in [0.15, 0.2) is 0 Å². The Labute approximate surface area is 181 Å². The van der Waals surface area contributed by atoms with Crippen LogP contribution in [0.1, 0.15) is 85.3 Å². The quantitative estimate of drug-likeness (QED) is 0.566. The zero-order valence-corrected chi connectivity index (χ0v) is 17.8. The molecular formula is C24H40O5. The van der Waals surface area contributed by atoms with E-state index in [1.165, 1.54) is 0 Å². The van der Waals surface area contributed by atoms with E-state index in [4.69, 9.17) is 12.0 Å². The number of aliphatic carboxylic acids is 1. The van der Waals surface area contributed by atoms with Gasteiger partial charge in [-0.2, -0.15) is 0 Å². The Bertz CT molecular complexity index is 837. The fourth-order valence-corrected chi connectivity index (χ4v) is 7.98. The van der Waals surface area contributed by atoms with Gasteiger partial charge < -0.3 is 20.4 Å². The predicted molar refractivity (Wildman–Crippen MR) is 110 cm³/mol. The standard InChI is InChI=1S/C24H40O5/c1-13(4-9-22(28)29)17-7-8-18-16-6-5-14-10-15(25)11-20(26)23(14,2)19(16)12-21(27)24(17,18)3/h13-21,25-27H,4-12H2,1-3H3,(H,28,29)/t13-,14?,15+,16?,17-,18?,19?,20-,21+,23+,24-/m1/s1/i10D2,11D2,15D. The van der Waals surface area contributed by atoms with E-state index >= 15 is 0 Å². The van der Waals surface area contributed by atoms with E-state index in [1.54, 1.807) is 6.92 Å². The van der Waals surface area contributed by atoms with Crippen molar-refractivity contribution in [2.45, 2.75) is 96.8 Å². The Morgan fingerprint density at radius 2 is 1.79 bits per heavy atom. The van der Waals surface area contributed by atoms with Gasteiger partial charge in [-0.3, -0.25) is 4.79 Å². The average Bonchev–Trinajstić information content (AvgIpc) is 3.10. The van der Waals surface area contributed by atoms with E-state index < -0.39 is 53.8 Å². The van der Waals surface area contributed by atoms with Gasteiger partial charge in [0.15, 0.2) is 0 Å². The van der Waals surface area contributed by atoms with Gasteiger partial charge in [-0.05, 0) is 97.6 Å². The van der Waals surface area contributed by atoms with Gasteiger partial charge in [0.25, 0.3) is 0 Å². The number of carboxylic acids is 1. The minimum absolute atomic E-state index is 0.0597. The molecule has 0 amide bonds. The van der Waals surface area contributed by atoms with Gasteiger partial charge >= 0.3 is 5.97 Å². The van der Waals surface area contributed by atoms with Crippen LogP contribution in [0.25, 0.3) is 0 Å². The lowest BCUT2D eigenvalue weighted by Crippen LogP contribution is -2.62. The van der Waals surface area contributed by atoms with Crippen molar-refractivity contribution in [1.82, 2.24) is 0 Å². The fourth-order valence-electron chi connectivity index (χ4n) is 7.98. The minimum atomic E-state index is -3.09. The van der Waals surface area contributed by atoms with Crippen molar-refractivity contribution in [3.05, 3.63) is 0 Å². The van der Waals surface area contributed by atoms with Crippen molar-refractivity contribution < 1.29 is 32.1 Å². The first-order valence-corrected chi connectivity index (χ1v) is 11.3. The van der Waals surface area contributed by atoms with Gasteiger partial charge in [-0.1, -0.05) is 20.8 Å². The molecule has 4 aliphatic rings. The van der Waals surface area contributed by atoms with Crippen LogP contribution in [-0.2, 0) is 4.79 Å². The zero-order valence-electron chi connectivity index (χ0n) is 22.8. The molecule has 4 rings (SSSR count). The van der Waals surface area contributed by atoms with Crippen molar-refractivity contribution in [1.29, 1.82) is 0 Å². The second-order valence-corrected chi connectivity index (χ2v) is 10.6. The molecule has 4 fully saturated rings. The van der Waals surface area contributed by atoms with Crippen LogP contribution in [0.2, 0.25) is 0 Å². The highest BCUT2D eigenvalue weighted by molar-refractivity contribution is 5.66. The normalized spacial score (nSPS) is 61.4. The highest BCUT2D eigenvalue weighted by Gasteiger charge is 2.65. The van der Waals surface area contributed by atoms with E-state index in [-0.39, 0.29) is 36.0 Å². The zero-order chi connectivity index (χ0) is 25.6. The number of rotatable bonds is 4. The lowest BCUT2D eigenvalue weighted by molar-refractivity contribution is -0.207. The third-order valence-corrected chi connectivity index (χ3v) is 9.63. The summed E-state index contributed by atoms with van der Waals surface area (Å²) in [7, 11) is 0. The number of carboxylic acid groups (broad SMARTS) is 1. The van der Waals surface area contributed by atoms with Crippen molar-refractivity contribution >= 4 is 5.97 Å². The number of fused-ring (bicyclic) bond motifs is 5. The number of aliphatic hydroxyl groups excluding tert-OH is 2. The summed E-state index contributed by atoms with van der Waals surface area (Å²) >= 11 is 0. The Hall–Kier alpha value is -0.650. The Balaban J connectivity index is 1.70. The third-order valence-electron chi connectivity index (χ3n) is 9.63. The largest absolute Gasteiger partial charge is 0.481 e. The summed E-state index contributed by atoms with van der Waals surface area (Å²) in [5.41, 5.74) is -1.66. The van der Waals surface area contributed by atoms with Crippen LogP contribution >= 0.6 is 0 Å². The van der Waals surface area contributed by atoms with Gasteiger partial charge in [0, 0.05) is 11.9 Å². The molecule has 0 aromatic carbocycles. The Morgan fingerprint density at radius 1 is 1.07 bits per heavy atom. The monoisotopic (exact) mass is 413 g/mol. The topological polar surface area (TPSA) is 98.0 Å². The smallest absolute Gasteiger partial charge is 0.303 e. The third kappa shape index (κ3) is 3.18. The summed E-state index contributed by atoms with van der Waals surface area (Å²) < 4.78 is 42.2. The average molecular weight is 414 g/mol. The minimum Gasteiger partial charge on any atom is -0.481 e. The number of hydrogen-bond donors (Lipinski definition) is 4. The summed E-state index contributed by atoms with van der Waals surface area (Å²) in [4.78, 5) is 11.1. The predicted octanol–water partition coefficient (Wildman–Crippen LogP) is 3.45. The second-order valence-electron chi connectivity index (χ2n) is 10.6. The van der Waals surface area contributed by atoms with Gasteiger partial charge in [0.1, 0.15) is 0 Å². The molecule has 11 atom stereocenters. The molecule has 5 heteroatoms. The molecule has 4 unspecified atom stereocenters. The highest BCUT2D eigenvalue weighted by Crippen LogP contribution is 2.68. The SMILES string of the molecule is [2H]C1([2H])C2CCC3C(C[C@H](O)[C@@]4(C)C3CC[C@@H]4[C@H](C)CCC(=O)O)[C@@]2(C)[C@H](O)C([2H])([2H])[C@@]1([2H])O. The summed E-state index contributed by atoms with van der Waals surface area (Å²) in [6, 6.07) is 0. The van der Waals surface area contributed by atoms with E-state index in [2.05, 4.69) is 13.8 Å². The molecule has 5 nitrogen and oxygen atoms in total. The summed E-state index contributed by atoms with van der Waals surface area (Å²) in [6.45, 7) is 5.85. The Kier molecular flexibility index (Phi) is 4.15. The van der Waals surface area contributed by atoms with E-state index in [9.17, 15) is 20.1 Å². The molecular weight excluding hydrogens is 368 g/mol. The molecule has 0 saturated heterocycles. The molecule has 4 aliphatic carbocycles. The van der Waals surface area contributed by atoms with Crippen LogP contribution in [0.3, 0.4) is 0 Å². The number of carbonyl (C=O) groups is 1. The van der Waals surface area contributed by atoms with Crippen LogP contribution in [0.4, 0.5) is 0 Å². The van der Waals surface area contributed by atoms with Crippen LogP contribution in [-0.4, -0.2) is 44.7 Å². The summed E-state index contributed by atoms with van der Waals surface area (Å²) in [5.74, 6) is -1.63. The summed E-state index contributed by atoms with van der Waals surface area (Å²) in [6.07, 6.45) is -7.37. The van der Waals surface area contributed by atoms with Crippen LogP contribution in [0, 0.1) is 46.3 Å². The maximum Gasteiger partial charge on any atom is 0.303 e. The van der Waals surface area contributed by atoms with E-state index in [0.717, 1.165) is 12.8 Å². The van der Waals surface area contributed by atoms with Gasteiger partial charge in [-0.25, -0.2) is 0 Å². The van der Waals surface area contributed by atoms with Crippen LogP contribution in [0.5, 0.6) is 0 Å². The molecule has 4 saturated carbocycles. The maximum absolute atomic E-state index is 11.6. The molecule has 29 heavy (non-hydrogen) atoms. The van der Waals surface area contributed by atoms with Crippen molar-refractivity contribution in [3.63, 3.8) is 0 Å². The summed E-state index contributed by atoms with van der Waals surface area (Å²) in [5, 5.41) is 42.6. The van der Waals surface area contributed by atoms with Gasteiger partial charge in [-0.15, -0.1) is 0 Å². The van der Waals surface area contributed by atoms with E-state index in [0.29, 0.717) is 25.7 Å². The van der Waals surface area contributed by atoms with Crippen molar-refractivity contribution in [2.75, 3.05) is 0 Å². The fraction of sp³-hybridized carbons (Fsp3) is 0.958. The molecule has 166 valence electrons. The lowest BCUT2D eigenvalue weighted by Gasteiger charge is -2.63. The molecule has 0 heterocycles. The highest BCUT2D eigenvalue weighted by atomic mass is 16.4. The van der Waals surface area contributed by atoms with Gasteiger partial charge in [0.2, 0.25) is 0 Å². The van der Waals surface area contributed by atoms with E-state index in [1.807, 2.05) is 0 Å². The molecule has 0 bridgehead atoms. The first-order valence-electron chi connectivity index (χ1n) is 13.8. The molecule has 0 aromatic heterocycles. The molecule has 0 radical (unpaired) electrons. The molecule has 4 N–H and O–H groups in total. The van der Waals surface area contributed by atoms with Gasteiger partial charge in [0.05, 0.1) is 19.7 Å². The van der Waals surface area contributed by atoms with Crippen molar-refractivity contribution in [2.24, 2.45) is 46.3 Å². The number of hydrogen-bond acceptors (Lipinski definition) is 4. The van der Waals surface area contributed by atoms with Crippen molar-refractivity contribution in [3.8, 4) is 0 Å². The molecule has 0 spiro atoms. The molecule has 0 aromatic rings. The first-order chi connectivity index (χ1) is 15.5. The lowest BCUT2D eigenvalue weighted by atomic mass is 9.43.